The van der Waals surface area contributed by atoms with Gasteiger partial charge >= 0.3 is 0 Å². The molecular formula is C21H30N2O2. The van der Waals surface area contributed by atoms with Gasteiger partial charge in [-0.25, -0.2) is 0 Å². The molecule has 0 radical (unpaired) electrons. The minimum Gasteiger partial charge on any atom is -0.369 e. The number of hydrogen-bond acceptors (Lipinski definition) is 3. The van der Waals surface area contributed by atoms with Crippen molar-refractivity contribution in [2.24, 2.45) is 11.8 Å². The summed E-state index contributed by atoms with van der Waals surface area (Å²) < 4.78 is 6.48. The van der Waals surface area contributed by atoms with Gasteiger partial charge in [0, 0.05) is 24.9 Å². The van der Waals surface area contributed by atoms with Gasteiger partial charge in [-0.05, 0) is 46.3 Å². The molecule has 25 heavy (non-hydrogen) atoms. The molecule has 4 rings (SSSR count). The molecule has 3 aliphatic rings. The molecule has 3 saturated heterocycles. The van der Waals surface area contributed by atoms with Crippen molar-refractivity contribution in [3.63, 3.8) is 0 Å². The van der Waals surface area contributed by atoms with Crippen LogP contribution in [-0.4, -0.2) is 61.1 Å². The van der Waals surface area contributed by atoms with Crippen LogP contribution in [0, 0.1) is 11.8 Å². The molecule has 0 aliphatic carbocycles. The Morgan fingerprint density at radius 1 is 1.32 bits per heavy atom. The first-order chi connectivity index (χ1) is 11.8. The molecule has 1 spiro atoms. The summed E-state index contributed by atoms with van der Waals surface area (Å²) in [6.45, 7) is 6.77. The first kappa shape index (κ1) is 17.0. The zero-order valence-corrected chi connectivity index (χ0v) is 15.9. The Morgan fingerprint density at radius 3 is 2.72 bits per heavy atom. The van der Waals surface area contributed by atoms with Gasteiger partial charge in [-0.2, -0.15) is 0 Å². The topological polar surface area (TPSA) is 32.8 Å². The van der Waals surface area contributed by atoms with Crippen LogP contribution >= 0.6 is 0 Å². The number of carbonyl (C=O) groups is 1. The lowest BCUT2D eigenvalue weighted by molar-refractivity contribution is -0.136. The summed E-state index contributed by atoms with van der Waals surface area (Å²) in [5.41, 5.74) is 0.518. The standard InChI is InChI=1S/C21H30N2O2/c1-20(2,15-8-6-5-7-9-15)19(24)23-13-17-16(12-22(3)4)18-10-11-21(17,14-23)25-18/h5-9,16-18H,10-14H2,1-4H3/t16-,17+,18+,21+/m0/s1. The van der Waals surface area contributed by atoms with E-state index in [2.05, 4.69) is 36.0 Å². The smallest absolute Gasteiger partial charge is 0.232 e. The number of amides is 1. The zero-order chi connectivity index (χ0) is 17.8. The number of nitrogens with zero attached hydrogens (tertiary/aromatic N) is 2. The lowest BCUT2D eigenvalue weighted by atomic mass is 9.73. The monoisotopic (exact) mass is 342 g/mol. The number of ether oxygens (including phenoxy) is 1. The van der Waals surface area contributed by atoms with Gasteiger partial charge in [0.25, 0.3) is 0 Å². The van der Waals surface area contributed by atoms with Gasteiger partial charge in [0.2, 0.25) is 5.91 Å². The predicted molar refractivity (Wildman–Crippen MR) is 98.4 cm³/mol. The van der Waals surface area contributed by atoms with E-state index in [9.17, 15) is 4.79 Å². The molecule has 3 heterocycles. The molecule has 0 N–H and O–H groups in total. The van der Waals surface area contributed by atoms with Gasteiger partial charge in [0.1, 0.15) is 0 Å². The van der Waals surface area contributed by atoms with Crippen molar-refractivity contribution in [1.29, 1.82) is 0 Å². The second-order valence-electron chi connectivity index (χ2n) is 8.97. The van der Waals surface area contributed by atoms with Gasteiger partial charge in [-0.15, -0.1) is 0 Å². The van der Waals surface area contributed by atoms with Crippen LogP contribution in [0.2, 0.25) is 0 Å². The normalized spacial score (nSPS) is 34.0. The van der Waals surface area contributed by atoms with Gasteiger partial charge in [0.15, 0.2) is 0 Å². The molecule has 3 aliphatic heterocycles. The minimum absolute atomic E-state index is 0.0756. The molecule has 1 aromatic rings. The summed E-state index contributed by atoms with van der Waals surface area (Å²) in [6.07, 6.45) is 2.66. The maximum Gasteiger partial charge on any atom is 0.232 e. The maximum atomic E-state index is 13.4. The van der Waals surface area contributed by atoms with Crippen molar-refractivity contribution in [3.05, 3.63) is 35.9 Å². The van der Waals surface area contributed by atoms with Crippen LogP contribution in [-0.2, 0) is 14.9 Å². The molecule has 3 fully saturated rings. The van der Waals surface area contributed by atoms with E-state index in [1.54, 1.807) is 0 Å². The van der Waals surface area contributed by atoms with E-state index in [1.807, 2.05) is 32.0 Å². The maximum absolute atomic E-state index is 13.4. The Labute approximate surface area is 151 Å². The summed E-state index contributed by atoms with van der Waals surface area (Å²) in [4.78, 5) is 17.7. The van der Waals surface area contributed by atoms with Gasteiger partial charge in [-0.3, -0.25) is 4.79 Å². The van der Waals surface area contributed by atoms with Crippen molar-refractivity contribution in [2.45, 2.75) is 43.8 Å². The van der Waals surface area contributed by atoms with E-state index in [1.165, 1.54) is 0 Å². The number of carbonyl (C=O) groups excluding carboxylic acids is 1. The van der Waals surface area contributed by atoms with Crippen LogP contribution in [0.4, 0.5) is 0 Å². The number of rotatable bonds is 4. The molecule has 0 saturated carbocycles. The average Bonchev–Trinajstić information content (AvgIpc) is 3.24. The second kappa shape index (κ2) is 5.82. The van der Waals surface area contributed by atoms with Crippen molar-refractivity contribution < 1.29 is 9.53 Å². The fraction of sp³-hybridized carbons (Fsp3) is 0.667. The molecule has 0 aromatic heterocycles. The molecule has 4 atom stereocenters. The van der Waals surface area contributed by atoms with Crippen molar-refractivity contribution in [1.82, 2.24) is 9.80 Å². The third-order valence-corrected chi connectivity index (χ3v) is 6.68. The van der Waals surface area contributed by atoms with Gasteiger partial charge < -0.3 is 14.5 Å². The summed E-state index contributed by atoms with van der Waals surface area (Å²) in [5, 5.41) is 0. The largest absolute Gasteiger partial charge is 0.369 e. The molecular weight excluding hydrogens is 312 g/mol. The van der Waals surface area contributed by atoms with E-state index < -0.39 is 5.41 Å². The number of benzene rings is 1. The van der Waals surface area contributed by atoms with Crippen LogP contribution < -0.4 is 0 Å². The van der Waals surface area contributed by atoms with Crippen LogP contribution in [0.1, 0.15) is 32.3 Å². The second-order valence-corrected chi connectivity index (χ2v) is 8.97. The van der Waals surface area contributed by atoms with Crippen LogP contribution in [0.5, 0.6) is 0 Å². The Hall–Kier alpha value is -1.39. The average molecular weight is 342 g/mol. The highest BCUT2D eigenvalue weighted by atomic mass is 16.5. The summed E-state index contributed by atoms with van der Waals surface area (Å²) in [5.74, 6) is 1.28. The molecule has 4 nitrogen and oxygen atoms in total. The van der Waals surface area contributed by atoms with E-state index >= 15 is 0 Å². The molecule has 1 aromatic carbocycles. The van der Waals surface area contributed by atoms with Gasteiger partial charge in [-0.1, -0.05) is 30.3 Å². The van der Waals surface area contributed by atoms with E-state index in [4.69, 9.17) is 4.74 Å². The van der Waals surface area contributed by atoms with Gasteiger partial charge in [0.05, 0.1) is 23.7 Å². The van der Waals surface area contributed by atoms with Crippen LogP contribution in [0.25, 0.3) is 0 Å². The highest BCUT2D eigenvalue weighted by Crippen LogP contribution is 2.55. The van der Waals surface area contributed by atoms with Crippen LogP contribution in [0.3, 0.4) is 0 Å². The van der Waals surface area contributed by atoms with Crippen molar-refractivity contribution in [3.8, 4) is 0 Å². The Morgan fingerprint density at radius 2 is 2.04 bits per heavy atom. The number of likely N-dealkylation sites (tertiary alicyclic amines) is 1. The fourth-order valence-electron chi connectivity index (χ4n) is 5.38. The Bertz CT molecular complexity index is 657. The predicted octanol–water partition coefficient (Wildman–Crippen LogP) is 2.53. The SMILES string of the molecule is CN(C)C[C@H]1[C@H]2CN(C(=O)C(C)(C)c3ccccc3)C[C@]23CC[C@H]1O3. The lowest BCUT2D eigenvalue weighted by Crippen LogP contribution is -2.44. The summed E-state index contributed by atoms with van der Waals surface area (Å²) in [6, 6.07) is 10.1. The van der Waals surface area contributed by atoms with Crippen molar-refractivity contribution >= 4 is 5.91 Å². The Kier molecular flexibility index (Phi) is 3.97. The van der Waals surface area contributed by atoms with Crippen molar-refractivity contribution in [2.75, 3.05) is 33.7 Å². The fourth-order valence-corrected chi connectivity index (χ4v) is 5.38. The third-order valence-electron chi connectivity index (χ3n) is 6.68. The summed E-state index contributed by atoms with van der Waals surface area (Å²) in [7, 11) is 4.27. The molecule has 1 amide bonds. The lowest BCUT2D eigenvalue weighted by Gasteiger charge is -2.31. The quantitative estimate of drug-likeness (QED) is 0.843. The number of fused-ring (bicyclic) bond motifs is 1. The first-order valence-electron chi connectivity index (χ1n) is 9.51. The number of hydrogen-bond donors (Lipinski definition) is 0. The molecule has 4 heteroatoms. The molecule has 2 bridgehead atoms. The third kappa shape index (κ3) is 2.61. The highest BCUT2D eigenvalue weighted by Gasteiger charge is 2.64. The van der Waals surface area contributed by atoms with E-state index in [-0.39, 0.29) is 11.5 Å². The summed E-state index contributed by atoms with van der Waals surface area (Å²) >= 11 is 0. The highest BCUT2D eigenvalue weighted by molar-refractivity contribution is 5.87. The zero-order valence-electron chi connectivity index (χ0n) is 15.9. The van der Waals surface area contributed by atoms with E-state index in [0.29, 0.717) is 17.9 Å². The minimum atomic E-state index is -0.494. The molecule has 0 unspecified atom stereocenters. The molecule has 136 valence electrons. The Balaban J connectivity index is 1.55. The first-order valence-corrected chi connectivity index (χ1v) is 9.51. The van der Waals surface area contributed by atoms with Crippen LogP contribution in [0.15, 0.2) is 30.3 Å². The van der Waals surface area contributed by atoms with E-state index in [0.717, 1.165) is 38.0 Å².